The molecule has 3 aromatic carbocycles. The summed E-state index contributed by atoms with van der Waals surface area (Å²) in [6.45, 7) is -0.0249. The molecule has 12 heteroatoms. The Kier molecular flexibility index (Phi) is 6.43. The fourth-order valence-electron chi connectivity index (χ4n) is 3.39. The van der Waals surface area contributed by atoms with Crippen LogP contribution in [0.2, 0.25) is 5.02 Å². The molecule has 0 saturated heterocycles. The van der Waals surface area contributed by atoms with Gasteiger partial charge in [-0.1, -0.05) is 47.6 Å². The van der Waals surface area contributed by atoms with Crippen LogP contribution in [0, 0.1) is 11.6 Å². The molecule has 0 spiro atoms. The molecule has 35 heavy (non-hydrogen) atoms. The summed E-state index contributed by atoms with van der Waals surface area (Å²) >= 11 is 7.05. The topological polar surface area (TPSA) is 83.4 Å². The van der Waals surface area contributed by atoms with Crippen molar-refractivity contribution < 1.29 is 8.78 Å². The van der Waals surface area contributed by atoms with Gasteiger partial charge in [-0.05, 0) is 59.0 Å². The Balaban J connectivity index is 1.48. The molecule has 0 atom stereocenters. The Morgan fingerprint density at radius 3 is 2.26 bits per heavy atom. The van der Waals surface area contributed by atoms with Gasteiger partial charge in [0.15, 0.2) is 11.0 Å². The van der Waals surface area contributed by atoms with E-state index in [2.05, 4.69) is 20.6 Å². The maximum absolute atomic E-state index is 14.1. The molecule has 5 aromatic rings. The molecular weight excluding hydrogens is 496 g/mol. The predicted octanol–water partition coefficient (Wildman–Crippen LogP) is 4.28. The summed E-state index contributed by atoms with van der Waals surface area (Å²) < 4.78 is 32.3. The van der Waals surface area contributed by atoms with Crippen LogP contribution in [0.15, 0.2) is 82.7 Å². The third-order valence-corrected chi connectivity index (χ3v) is 6.33. The SMILES string of the molecule is O=c1n(Cc2nnc(SCc3c(F)cccc3F)n2-c2ccccc2)nnn1-c1ccc(Cl)cc1. The van der Waals surface area contributed by atoms with E-state index in [0.29, 0.717) is 21.7 Å². The summed E-state index contributed by atoms with van der Waals surface area (Å²) in [6, 6.07) is 19.6. The fourth-order valence-corrected chi connectivity index (χ4v) is 4.50. The molecule has 0 aliphatic heterocycles. The molecule has 0 N–H and O–H groups in total. The van der Waals surface area contributed by atoms with Gasteiger partial charge in [0.2, 0.25) is 0 Å². The van der Waals surface area contributed by atoms with Crippen molar-refractivity contribution in [2.45, 2.75) is 17.5 Å². The summed E-state index contributed by atoms with van der Waals surface area (Å²) in [6.07, 6.45) is 0. The fraction of sp³-hybridized carbons (Fsp3) is 0.0870. The maximum Gasteiger partial charge on any atom is 0.368 e. The standard InChI is InChI=1S/C23H16ClF2N7OS/c24-15-9-11-17(12-10-15)33-23(34)31(29-30-33)13-21-27-28-22(32(21)16-5-2-1-3-6-16)35-14-18-19(25)7-4-8-20(18)26/h1-12H,13-14H2. The number of thioether (sulfide) groups is 1. The number of aromatic nitrogens is 7. The lowest BCUT2D eigenvalue weighted by Crippen LogP contribution is -2.25. The first-order chi connectivity index (χ1) is 17.0. The summed E-state index contributed by atoms with van der Waals surface area (Å²) in [5.41, 5.74) is 0.710. The molecule has 0 amide bonds. The van der Waals surface area contributed by atoms with Crippen LogP contribution in [0.25, 0.3) is 11.4 Å². The number of halogens is 3. The summed E-state index contributed by atoms with van der Waals surface area (Å²) in [5.74, 6) is -0.850. The monoisotopic (exact) mass is 511 g/mol. The Morgan fingerprint density at radius 1 is 0.829 bits per heavy atom. The highest BCUT2D eigenvalue weighted by Gasteiger charge is 2.19. The summed E-state index contributed by atoms with van der Waals surface area (Å²) in [7, 11) is 0. The number of hydrogen-bond acceptors (Lipinski definition) is 6. The van der Waals surface area contributed by atoms with E-state index < -0.39 is 17.3 Å². The number of tetrazole rings is 1. The van der Waals surface area contributed by atoms with Gasteiger partial charge in [0.25, 0.3) is 0 Å². The summed E-state index contributed by atoms with van der Waals surface area (Å²) in [4.78, 5) is 12.9. The zero-order valence-electron chi connectivity index (χ0n) is 17.9. The first kappa shape index (κ1) is 22.9. The van der Waals surface area contributed by atoms with Crippen molar-refractivity contribution in [2.24, 2.45) is 0 Å². The minimum absolute atomic E-state index is 0.0101. The predicted molar refractivity (Wildman–Crippen MR) is 127 cm³/mol. The Labute approximate surface area is 206 Å². The van der Waals surface area contributed by atoms with Crippen LogP contribution >= 0.6 is 23.4 Å². The molecule has 2 aromatic heterocycles. The number of nitrogens with zero attached hydrogens (tertiary/aromatic N) is 7. The molecule has 0 radical (unpaired) electrons. The lowest BCUT2D eigenvalue weighted by Gasteiger charge is -2.10. The van der Waals surface area contributed by atoms with Crippen molar-refractivity contribution in [1.82, 2.24) is 34.6 Å². The molecule has 2 heterocycles. The third-order valence-electron chi connectivity index (χ3n) is 5.12. The van der Waals surface area contributed by atoms with E-state index in [9.17, 15) is 13.6 Å². The second-order valence-corrected chi connectivity index (χ2v) is 8.74. The van der Waals surface area contributed by atoms with Gasteiger partial charge >= 0.3 is 5.69 Å². The Bertz CT molecular complexity index is 1510. The molecule has 0 saturated carbocycles. The van der Waals surface area contributed by atoms with Gasteiger partial charge in [0.05, 0.1) is 5.69 Å². The molecule has 0 unspecified atom stereocenters. The highest BCUT2D eigenvalue weighted by molar-refractivity contribution is 7.98. The number of benzene rings is 3. The second-order valence-electron chi connectivity index (χ2n) is 7.37. The maximum atomic E-state index is 14.1. The van der Waals surface area contributed by atoms with Crippen molar-refractivity contribution >= 4 is 23.4 Å². The second kappa shape index (κ2) is 9.80. The molecule has 0 bridgehead atoms. The van der Waals surface area contributed by atoms with Crippen molar-refractivity contribution in [1.29, 1.82) is 0 Å². The van der Waals surface area contributed by atoms with Gasteiger partial charge in [-0.2, -0.15) is 9.36 Å². The van der Waals surface area contributed by atoms with Crippen molar-refractivity contribution in [3.05, 3.63) is 111 Å². The molecule has 8 nitrogen and oxygen atoms in total. The Morgan fingerprint density at radius 2 is 1.54 bits per heavy atom. The third kappa shape index (κ3) is 4.73. The molecular formula is C23H16ClF2N7OS. The minimum Gasteiger partial charge on any atom is -0.272 e. The van der Waals surface area contributed by atoms with Crippen molar-refractivity contribution in [3.8, 4) is 11.4 Å². The van der Waals surface area contributed by atoms with Gasteiger partial charge in [-0.15, -0.1) is 10.2 Å². The average molecular weight is 512 g/mol. The van der Waals surface area contributed by atoms with Gasteiger partial charge in [-0.3, -0.25) is 4.57 Å². The van der Waals surface area contributed by atoms with Crippen LogP contribution in [0.1, 0.15) is 11.4 Å². The van der Waals surface area contributed by atoms with Crippen LogP contribution in [-0.4, -0.2) is 34.6 Å². The minimum atomic E-state index is -0.631. The highest BCUT2D eigenvalue weighted by Crippen LogP contribution is 2.27. The normalized spacial score (nSPS) is 11.2. The van der Waals surface area contributed by atoms with Gasteiger partial charge < -0.3 is 0 Å². The zero-order valence-corrected chi connectivity index (χ0v) is 19.5. The van der Waals surface area contributed by atoms with Crippen LogP contribution in [0.3, 0.4) is 0 Å². The van der Waals surface area contributed by atoms with E-state index in [1.807, 2.05) is 30.3 Å². The highest BCUT2D eigenvalue weighted by atomic mass is 35.5. The molecule has 176 valence electrons. The molecule has 0 aliphatic rings. The van der Waals surface area contributed by atoms with Crippen LogP contribution < -0.4 is 5.69 Å². The lowest BCUT2D eigenvalue weighted by molar-refractivity contribution is 0.566. The quantitative estimate of drug-likeness (QED) is 0.303. The number of para-hydroxylation sites is 1. The summed E-state index contributed by atoms with van der Waals surface area (Å²) in [5, 5.41) is 17.3. The van der Waals surface area contributed by atoms with Crippen molar-refractivity contribution in [3.63, 3.8) is 0 Å². The van der Waals surface area contributed by atoms with E-state index in [1.165, 1.54) is 18.2 Å². The molecule has 0 fully saturated rings. The van der Waals surface area contributed by atoms with Crippen LogP contribution in [0.4, 0.5) is 8.78 Å². The smallest absolute Gasteiger partial charge is 0.272 e. The van der Waals surface area contributed by atoms with Crippen LogP contribution in [-0.2, 0) is 12.3 Å². The lowest BCUT2D eigenvalue weighted by atomic mass is 10.2. The average Bonchev–Trinajstić information content (AvgIpc) is 3.43. The van der Waals surface area contributed by atoms with Gasteiger partial charge in [-0.25, -0.2) is 13.6 Å². The van der Waals surface area contributed by atoms with E-state index >= 15 is 0 Å². The largest absolute Gasteiger partial charge is 0.368 e. The molecule has 5 rings (SSSR count). The molecule has 0 aliphatic carbocycles. The van der Waals surface area contributed by atoms with Gasteiger partial charge in [0, 0.05) is 22.0 Å². The van der Waals surface area contributed by atoms with E-state index in [4.69, 9.17) is 11.6 Å². The zero-order chi connectivity index (χ0) is 24.4. The number of hydrogen-bond donors (Lipinski definition) is 0. The Hall–Kier alpha value is -3.83. The first-order valence-corrected chi connectivity index (χ1v) is 11.7. The van der Waals surface area contributed by atoms with E-state index in [0.717, 1.165) is 26.8 Å². The van der Waals surface area contributed by atoms with Crippen LogP contribution in [0.5, 0.6) is 0 Å². The number of rotatable bonds is 7. The first-order valence-electron chi connectivity index (χ1n) is 10.4. The van der Waals surface area contributed by atoms with Gasteiger partial charge in [0.1, 0.15) is 18.2 Å². The van der Waals surface area contributed by atoms with E-state index in [-0.39, 0.29) is 17.9 Å². The van der Waals surface area contributed by atoms with E-state index in [1.54, 1.807) is 28.8 Å². The van der Waals surface area contributed by atoms with Crippen molar-refractivity contribution in [2.75, 3.05) is 0 Å².